The summed E-state index contributed by atoms with van der Waals surface area (Å²) in [5, 5.41) is 19.2. The summed E-state index contributed by atoms with van der Waals surface area (Å²) in [4.78, 5) is 16.3. The minimum Gasteiger partial charge on any atom is -0.388 e. The summed E-state index contributed by atoms with van der Waals surface area (Å²) in [6.45, 7) is 4.61. The van der Waals surface area contributed by atoms with Gasteiger partial charge in [-0.15, -0.1) is 11.3 Å². The fourth-order valence-corrected chi connectivity index (χ4v) is 3.70. The maximum atomic E-state index is 11.9. The van der Waals surface area contributed by atoms with Crippen LogP contribution in [0.2, 0.25) is 0 Å². The number of hydrogen-bond donors (Lipinski definition) is 3. The Hall–Kier alpha value is -1.14. The second-order valence-corrected chi connectivity index (χ2v) is 7.26. The molecule has 0 aromatic carbocycles. The van der Waals surface area contributed by atoms with E-state index in [0.29, 0.717) is 13.1 Å². The molecule has 1 aliphatic rings. The molecule has 0 spiro atoms. The summed E-state index contributed by atoms with van der Waals surface area (Å²) in [5.41, 5.74) is 0.0596. The number of urea groups is 1. The van der Waals surface area contributed by atoms with Gasteiger partial charge in [0, 0.05) is 11.9 Å². The van der Waals surface area contributed by atoms with Crippen molar-refractivity contribution >= 4 is 17.4 Å². The first kappa shape index (κ1) is 17.2. The smallest absolute Gasteiger partial charge is 0.315 e. The molecule has 5 nitrogen and oxygen atoms in total. The van der Waals surface area contributed by atoms with Crippen molar-refractivity contribution in [2.75, 3.05) is 6.54 Å². The van der Waals surface area contributed by atoms with Gasteiger partial charge in [-0.05, 0) is 32.1 Å². The fraction of sp³-hybridized carbons (Fsp3) is 0.750. The van der Waals surface area contributed by atoms with Crippen LogP contribution in [0.25, 0.3) is 0 Å². The third-order valence-corrected chi connectivity index (χ3v) is 5.47. The van der Waals surface area contributed by atoms with E-state index in [4.69, 9.17) is 0 Å². The molecule has 1 aliphatic carbocycles. The maximum Gasteiger partial charge on any atom is 0.315 e. The van der Waals surface area contributed by atoms with Crippen LogP contribution in [-0.2, 0) is 13.0 Å². The van der Waals surface area contributed by atoms with E-state index in [9.17, 15) is 9.90 Å². The Morgan fingerprint density at radius 1 is 1.41 bits per heavy atom. The molecule has 0 radical (unpaired) electrons. The van der Waals surface area contributed by atoms with Crippen LogP contribution in [0.1, 0.15) is 56.7 Å². The molecule has 1 saturated carbocycles. The lowest BCUT2D eigenvalue weighted by atomic mass is 9.78. The van der Waals surface area contributed by atoms with Gasteiger partial charge in [-0.25, -0.2) is 9.78 Å². The summed E-state index contributed by atoms with van der Waals surface area (Å²) < 4.78 is 0. The van der Waals surface area contributed by atoms with E-state index in [0.717, 1.165) is 30.0 Å². The number of carbonyl (C=O) groups excluding carboxylic acids is 1. The van der Waals surface area contributed by atoms with E-state index < -0.39 is 5.60 Å². The Labute approximate surface area is 136 Å². The summed E-state index contributed by atoms with van der Waals surface area (Å²) in [6.07, 6.45) is 6.63. The van der Waals surface area contributed by atoms with Crippen LogP contribution in [0, 0.1) is 5.92 Å². The van der Waals surface area contributed by atoms with E-state index >= 15 is 0 Å². The van der Waals surface area contributed by atoms with Crippen LogP contribution in [-0.4, -0.2) is 28.3 Å². The normalized spacial score (nSPS) is 18.7. The highest BCUT2D eigenvalue weighted by Gasteiger charge is 2.32. The van der Waals surface area contributed by atoms with Gasteiger partial charge in [0.25, 0.3) is 0 Å². The monoisotopic (exact) mass is 325 g/mol. The quantitative estimate of drug-likeness (QED) is 0.753. The molecule has 1 atom stereocenters. The average Bonchev–Trinajstić information content (AvgIpc) is 3.00. The van der Waals surface area contributed by atoms with Gasteiger partial charge >= 0.3 is 6.03 Å². The summed E-state index contributed by atoms with van der Waals surface area (Å²) in [6, 6.07) is -0.248. The average molecular weight is 325 g/mol. The van der Waals surface area contributed by atoms with Gasteiger partial charge in [-0.2, -0.15) is 0 Å². The number of carbonyl (C=O) groups is 1. The molecule has 124 valence electrons. The van der Waals surface area contributed by atoms with E-state index in [-0.39, 0.29) is 11.9 Å². The molecular weight excluding hydrogens is 298 g/mol. The highest BCUT2D eigenvalue weighted by Crippen LogP contribution is 2.32. The van der Waals surface area contributed by atoms with Crippen LogP contribution in [0.5, 0.6) is 0 Å². The van der Waals surface area contributed by atoms with Gasteiger partial charge in [0.1, 0.15) is 0 Å². The first-order valence-corrected chi connectivity index (χ1v) is 9.06. The van der Waals surface area contributed by atoms with Gasteiger partial charge in [0.2, 0.25) is 0 Å². The predicted octanol–water partition coefficient (Wildman–Crippen LogP) is 2.84. The van der Waals surface area contributed by atoms with Crippen LogP contribution >= 0.6 is 11.3 Å². The van der Waals surface area contributed by atoms with Crippen LogP contribution in [0.15, 0.2) is 5.38 Å². The third kappa shape index (κ3) is 4.95. The Kier molecular flexibility index (Phi) is 6.20. The molecule has 6 heteroatoms. The Bertz CT molecular complexity index is 481. The Balaban J connectivity index is 1.72. The first-order valence-electron chi connectivity index (χ1n) is 8.18. The molecule has 0 saturated heterocycles. The van der Waals surface area contributed by atoms with Crippen molar-refractivity contribution in [3.05, 3.63) is 16.1 Å². The summed E-state index contributed by atoms with van der Waals surface area (Å²) in [7, 11) is 0. The van der Waals surface area contributed by atoms with E-state index in [1.165, 1.54) is 19.3 Å². The van der Waals surface area contributed by atoms with Gasteiger partial charge in [0.05, 0.1) is 22.8 Å². The number of nitrogens with one attached hydrogen (secondary N) is 2. The molecule has 1 fully saturated rings. The number of aromatic nitrogens is 1. The van der Waals surface area contributed by atoms with Gasteiger partial charge < -0.3 is 15.7 Å². The van der Waals surface area contributed by atoms with Crippen molar-refractivity contribution in [1.82, 2.24) is 15.6 Å². The molecule has 1 heterocycles. The van der Waals surface area contributed by atoms with E-state index in [1.54, 1.807) is 11.3 Å². The maximum absolute atomic E-state index is 11.9. The number of aryl methyl sites for hydroxylation is 1. The van der Waals surface area contributed by atoms with Gasteiger partial charge in [0.15, 0.2) is 0 Å². The zero-order chi connectivity index (χ0) is 16.0. The van der Waals surface area contributed by atoms with Crippen LogP contribution < -0.4 is 10.6 Å². The SMILES string of the molecule is CCc1nc(CNC(=O)NC[C@@](C)(O)C2CCCCC2)cs1. The van der Waals surface area contributed by atoms with Gasteiger partial charge in [-0.1, -0.05) is 26.2 Å². The zero-order valence-electron chi connectivity index (χ0n) is 13.5. The molecule has 2 amide bonds. The number of amides is 2. The summed E-state index contributed by atoms with van der Waals surface area (Å²) in [5.74, 6) is 0.284. The molecule has 0 bridgehead atoms. The minimum absolute atomic E-state index is 0.248. The molecular formula is C16H27N3O2S. The Morgan fingerprint density at radius 3 is 2.77 bits per heavy atom. The second-order valence-electron chi connectivity index (χ2n) is 6.31. The van der Waals surface area contributed by atoms with Crippen molar-refractivity contribution in [3.63, 3.8) is 0 Å². The lowest BCUT2D eigenvalue weighted by molar-refractivity contribution is -0.0130. The topological polar surface area (TPSA) is 74.2 Å². The molecule has 2 rings (SSSR count). The van der Waals surface area contributed by atoms with Crippen molar-refractivity contribution in [3.8, 4) is 0 Å². The molecule has 0 unspecified atom stereocenters. The highest BCUT2D eigenvalue weighted by molar-refractivity contribution is 7.09. The van der Waals surface area contributed by atoms with E-state index in [1.807, 2.05) is 12.3 Å². The van der Waals surface area contributed by atoms with Crippen molar-refractivity contribution < 1.29 is 9.90 Å². The number of rotatable bonds is 6. The molecule has 22 heavy (non-hydrogen) atoms. The van der Waals surface area contributed by atoms with Crippen LogP contribution in [0.3, 0.4) is 0 Å². The van der Waals surface area contributed by atoms with Gasteiger partial charge in [-0.3, -0.25) is 0 Å². The molecule has 1 aromatic rings. The number of aliphatic hydroxyl groups is 1. The largest absolute Gasteiger partial charge is 0.388 e. The first-order chi connectivity index (χ1) is 10.5. The Morgan fingerprint density at radius 2 is 2.14 bits per heavy atom. The van der Waals surface area contributed by atoms with Crippen molar-refractivity contribution in [2.24, 2.45) is 5.92 Å². The van der Waals surface area contributed by atoms with E-state index in [2.05, 4.69) is 22.5 Å². The van der Waals surface area contributed by atoms with Crippen LogP contribution in [0.4, 0.5) is 4.79 Å². The minimum atomic E-state index is -0.826. The number of hydrogen-bond acceptors (Lipinski definition) is 4. The third-order valence-electron chi connectivity index (χ3n) is 4.42. The summed E-state index contributed by atoms with van der Waals surface area (Å²) >= 11 is 1.61. The standard InChI is InChI=1S/C16H27N3O2S/c1-3-14-19-13(10-22-14)9-17-15(20)18-11-16(2,21)12-7-5-4-6-8-12/h10,12,21H,3-9,11H2,1-2H3,(H2,17,18,20)/t16-/m1/s1. The van der Waals surface area contributed by atoms with Crippen molar-refractivity contribution in [2.45, 2.75) is 64.5 Å². The van der Waals surface area contributed by atoms with Crippen molar-refractivity contribution in [1.29, 1.82) is 0 Å². The lowest BCUT2D eigenvalue weighted by Gasteiger charge is -2.35. The predicted molar refractivity (Wildman–Crippen MR) is 88.9 cm³/mol. The second kappa shape index (κ2) is 7.92. The molecule has 0 aliphatic heterocycles. The molecule has 1 aromatic heterocycles. The zero-order valence-corrected chi connectivity index (χ0v) is 14.3. The number of nitrogens with zero attached hydrogens (tertiary/aromatic N) is 1. The fourth-order valence-electron chi connectivity index (χ4n) is 2.95. The lowest BCUT2D eigenvalue weighted by Crippen LogP contribution is -2.49. The number of thiazole rings is 1. The highest BCUT2D eigenvalue weighted by atomic mass is 32.1. The molecule has 3 N–H and O–H groups in total.